The molecule has 3 aromatic rings. The lowest BCUT2D eigenvalue weighted by atomic mass is 10.2. The number of ether oxygens (including phenoxy) is 1. The van der Waals surface area contributed by atoms with Crippen LogP contribution < -0.4 is 4.74 Å². The number of rotatable bonds is 6. The maximum absolute atomic E-state index is 5.91. The Hall–Kier alpha value is -1.75. The van der Waals surface area contributed by atoms with Gasteiger partial charge in [-0.2, -0.15) is 4.98 Å². The molecule has 0 radical (unpaired) electrons. The van der Waals surface area contributed by atoms with Gasteiger partial charge in [0, 0.05) is 26.8 Å². The molecule has 0 saturated heterocycles. The van der Waals surface area contributed by atoms with E-state index in [1.165, 1.54) is 0 Å². The highest BCUT2D eigenvalue weighted by Crippen LogP contribution is 2.25. The lowest BCUT2D eigenvalue weighted by Gasteiger charge is -2.08. The highest BCUT2D eigenvalue weighted by molar-refractivity contribution is 7.98. The standard InChI is InChI=1S/C19H16Cl2N2OS/c1-13-22-17(12-25-18-8-6-16(21)7-9-18)10-19(23-13)24-11-14-2-4-15(20)5-3-14/h2-10H,11-12H2,1H3. The monoisotopic (exact) mass is 390 g/mol. The minimum atomic E-state index is 0.442. The SMILES string of the molecule is Cc1nc(CSc2ccc(Cl)cc2)cc(OCc2ccc(Cl)cc2)n1. The summed E-state index contributed by atoms with van der Waals surface area (Å²) in [6.07, 6.45) is 0. The Kier molecular flexibility index (Phi) is 6.19. The molecule has 0 aliphatic carbocycles. The molecule has 0 fully saturated rings. The molecule has 3 rings (SSSR count). The first-order chi connectivity index (χ1) is 12.1. The van der Waals surface area contributed by atoms with Gasteiger partial charge in [0.25, 0.3) is 0 Å². The minimum Gasteiger partial charge on any atom is -0.473 e. The van der Waals surface area contributed by atoms with Gasteiger partial charge in [0.15, 0.2) is 0 Å². The average Bonchev–Trinajstić information content (AvgIpc) is 2.60. The maximum atomic E-state index is 5.91. The lowest BCUT2D eigenvalue weighted by molar-refractivity contribution is 0.292. The molecule has 0 saturated carbocycles. The highest BCUT2D eigenvalue weighted by Gasteiger charge is 2.05. The number of hydrogen-bond acceptors (Lipinski definition) is 4. The van der Waals surface area contributed by atoms with E-state index in [1.807, 2.05) is 61.5 Å². The molecule has 0 N–H and O–H groups in total. The van der Waals surface area contributed by atoms with Crippen LogP contribution in [-0.4, -0.2) is 9.97 Å². The van der Waals surface area contributed by atoms with Gasteiger partial charge in [0.1, 0.15) is 12.4 Å². The third-order valence-corrected chi connectivity index (χ3v) is 4.92. The van der Waals surface area contributed by atoms with Crippen molar-refractivity contribution in [3.05, 3.63) is 81.7 Å². The molecule has 1 aromatic heterocycles. The van der Waals surface area contributed by atoms with Crippen molar-refractivity contribution in [1.82, 2.24) is 9.97 Å². The number of halogens is 2. The largest absolute Gasteiger partial charge is 0.473 e. The van der Waals surface area contributed by atoms with Crippen LogP contribution in [-0.2, 0) is 12.4 Å². The first-order valence-corrected chi connectivity index (χ1v) is 9.43. The van der Waals surface area contributed by atoms with E-state index in [0.717, 1.165) is 26.9 Å². The van der Waals surface area contributed by atoms with Gasteiger partial charge in [-0.15, -0.1) is 11.8 Å². The molecule has 128 valence electrons. The average molecular weight is 391 g/mol. The zero-order valence-corrected chi connectivity index (χ0v) is 15.9. The molecule has 1 heterocycles. The number of thioether (sulfide) groups is 1. The van der Waals surface area contributed by atoms with Crippen LogP contribution in [0, 0.1) is 6.92 Å². The molecule has 0 unspecified atom stereocenters. The first-order valence-electron chi connectivity index (χ1n) is 7.69. The molecule has 6 heteroatoms. The van der Waals surface area contributed by atoms with Gasteiger partial charge in [-0.25, -0.2) is 4.98 Å². The molecule has 0 aliphatic heterocycles. The van der Waals surface area contributed by atoms with E-state index in [-0.39, 0.29) is 0 Å². The van der Waals surface area contributed by atoms with Crippen molar-refractivity contribution in [2.45, 2.75) is 24.2 Å². The summed E-state index contributed by atoms with van der Waals surface area (Å²) in [7, 11) is 0. The maximum Gasteiger partial charge on any atom is 0.217 e. The van der Waals surface area contributed by atoms with Crippen LogP contribution in [0.2, 0.25) is 10.0 Å². The lowest BCUT2D eigenvalue weighted by Crippen LogP contribution is -2.01. The minimum absolute atomic E-state index is 0.442. The number of nitrogens with zero attached hydrogens (tertiary/aromatic N) is 2. The summed E-state index contributed by atoms with van der Waals surface area (Å²) in [6, 6.07) is 17.2. The second-order valence-electron chi connectivity index (χ2n) is 5.40. The second kappa shape index (κ2) is 8.56. The van der Waals surface area contributed by atoms with Crippen molar-refractivity contribution < 1.29 is 4.74 Å². The molecule has 3 nitrogen and oxygen atoms in total. The fourth-order valence-corrected chi connectivity index (χ4v) is 3.22. The highest BCUT2D eigenvalue weighted by atomic mass is 35.5. The zero-order valence-electron chi connectivity index (χ0n) is 13.6. The van der Waals surface area contributed by atoms with Crippen molar-refractivity contribution in [2.75, 3.05) is 0 Å². The van der Waals surface area contributed by atoms with Crippen LogP contribution in [0.25, 0.3) is 0 Å². The molecule has 0 bridgehead atoms. The van der Waals surface area contributed by atoms with Crippen molar-refractivity contribution in [3.8, 4) is 5.88 Å². The summed E-state index contributed by atoms with van der Waals surface area (Å²) in [4.78, 5) is 9.97. The van der Waals surface area contributed by atoms with Gasteiger partial charge in [-0.05, 0) is 48.9 Å². The van der Waals surface area contributed by atoms with E-state index in [2.05, 4.69) is 9.97 Å². The number of aromatic nitrogens is 2. The zero-order chi connectivity index (χ0) is 17.6. The molecule has 0 atom stereocenters. The molecule has 2 aromatic carbocycles. The van der Waals surface area contributed by atoms with Gasteiger partial charge in [-0.3, -0.25) is 0 Å². The Labute approximate surface area is 161 Å². The summed E-state index contributed by atoms with van der Waals surface area (Å²) in [5, 5.41) is 1.45. The number of benzene rings is 2. The summed E-state index contributed by atoms with van der Waals surface area (Å²) in [6.45, 7) is 2.31. The van der Waals surface area contributed by atoms with Gasteiger partial charge in [0.2, 0.25) is 5.88 Å². The second-order valence-corrected chi connectivity index (χ2v) is 7.32. The quantitative estimate of drug-likeness (QED) is 0.486. The predicted octanol–water partition coefficient (Wildman–Crippen LogP) is 5.96. The van der Waals surface area contributed by atoms with E-state index < -0.39 is 0 Å². The van der Waals surface area contributed by atoms with Crippen molar-refractivity contribution in [1.29, 1.82) is 0 Å². The van der Waals surface area contributed by atoms with E-state index in [0.29, 0.717) is 23.3 Å². The Morgan fingerprint density at radius 3 is 2.24 bits per heavy atom. The van der Waals surface area contributed by atoms with E-state index >= 15 is 0 Å². The summed E-state index contributed by atoms with van der Waals surface area (Å²) >= 11 is 13.5. The van der Waals surface area contributed by atoms with Crippen molar-refractivity contribution in [2.24, 2.45) is 0 Å². The molecule has 0 amide bonds. The fraction of sp³-hybridized carbons (Fsp3) is 0.158. The van der Waals surface area contributed by atoms with Crippen LogP contribution in [0.5, 0.6) is 5.88 Å². The van der Waals surface area contributed by atoms with E-state index in [4.69, 9.17) is 27.9 Å². The Bertz CT molecular complexity index is 771. The van der Waals surface area contributed by atoms with Gasteiger partial charge < -0.3 is 4.74 Å². The number of aryl methyl sites for hydroxylation is 1. The fourth-order valence-electron chi connectivity index (χ4n) is 2.17. The van der Waals surface area contributed by atoms with E-state index in [1.54, 1.807) is 11.8 Å². The summed E-state index contributed by atoms with van der Waals surface area (Å²) < 4.78 is 5.80. The molecule has 0 aliphatic rings. The first kappa shape index (κ1) is 18.1. The van der Waals surface area contributed by atoms with Gasteiger partial charge >= 0.3 is 0 Å². The third-order valence-electron chi connectivity index (χ3n) is 3.37. The molecule has 25 heavy (non-hydrogen) atoms. The molecule has 0 spiro atoms. The third kappa shape index (κ3) is 5.63. The van der Waals surface area contributed by atoms with Crippen LogP contribution in [0.15, 0.2) is 59.5 Å². The molecular formula is C19H16Cl2N2OS. The van der Waals surface area contributed by atoms with Crippen molar-refractivity contribution >= 4 is 35.0 Å². The summed E-state index contributed by atoms with van der Waals surface area (Å²) in [5.41, 5.74) is 1.97. The Balaban J connectivity index is 1.63. The van der Waals surface area contributed by atoms with Crippen LogP contribution >= 0.6 is 35.0 Å². The Morgan fingerprint density at radius 1 is 0.920 bits per heavy atom. The summed E-state index contributed by atoms with van der Waals surface area (Å²) in [5.74, 6) is 2.01. The van der Waals surface area contributed by atoms with Crippen LogP contribution in [0.4, 0.5) is 0 Å². The Morgan fingerprint density at radius 2 is 1.56 bits per heavy atom. The predicted molar refractivity (Wildman–Crippen MR) is 104 cm³/mol. The van der Waals surface area contributed by atoms with Crippen LogP contribution in [0.1, 0.15) is 17.1 Å². The van der Waals surface area contributed by atoms with Crippen molar-refractivity contribution in [3.63, 3.8) is 0 Å². The normalized spacial score (nSPS) is 10.7. The topological polar surface area (TPSA) is 35.0 Å². The van der Waals surface area contributed by atoms with Crippen LogP contribution in [0.3, 0.4) is 0 Å². The van der Waals surface area contributed by atoms with E-state index in [9.17, 15) is 0 Å². The molecular weight excluding hydrogens is 375 g/mol. The number of hydrogen-bond donors (Lipinski definition) is 0. The van der Waals surface area contributed by atoms with Gasteiger partial charge in [-0.1, -0.05) is 35.3 Å². The smallest absolute Gasteiger partial charge is 0.217 e. The van der Waals surface area contributed by atoms with Gasteiger partial charge in [0.05, 0.1) is 5.69 Å².